The summed E-state index contributed by atoms with van der Waals surface area (Å²) in [5.74, 6) is 0.646. The van der Waals surface area contributed by atoms with Gasteiger partial charge in [-0.15, -0.1) is 0 Å². The molecule has 0 bridgehead atoms. The SMILES string of the molecule is COc1ccc(S(=O)(=O)NCc2ccc(Cl)cc2)cc1I. The van der Waals surface area contributed by atoms with E-state index in [2.05, 4.69) is 4.72 Å². The molecule has 112 valence electrons. The van der Waals surface area contributed by atoms with E-state index >= 15 is 0 Å². The standard InChI is InChI=1S/C14H13ClINO3S/c1-20-14-7-6-12(8-13(14)16)21(18,19)17-9-10-2-4-11(15)5-3-10/h2-8,17H,9H2,1H3. The molecule has 0 aliphatic carbocycles. The van der Waals surface area contributed by atoms with Crippen molar-refractivity contribution in [3.63, 3.8) is 0 Å². The first-order chi connectivity index (χ1) is 9.92. The van der Waals surface area contributed by atoms with Gasteiger partial charge in [0.05, 0.1) is 15.6 Å². The van der Waals surface area contributed by atoms with Crippen LogP contribution in [0.2, 0.25) is 5.02 Å². The van der Waals surface area contributed by atoms with Crippen molar-refractivity contribution in [3.8, 4) is 5.75 Å². The Morgan fingerprint density at radius 1 is 1.19 bits per heavy atom. The number of hydrogen-bond donors (Lipinski definition) is 1. The van der Waals surface area contributed by atoms with Gasteiger partial charge in [0.25, 0.3) is 0 Å². The van der Waals surface area contributed by atoms with E-state index in [4.69, 9.17) is 16.3 Å². The van der Waals surface area contributed by atoms with Gasteiger partial charge < -0.3 is 4.74 Å². The fourth-order valence-electron chi connectivity index (χ4n) is 1.68. The van der Waals surface area contributed by atoms with Gasteiger partial charge in [0.2, 0.25) is 10.0 Å². The molecule has 1 N–H and O–H groups in total. The number of benzene rings is 2. The molecule has 0 radical (unpaired) electrons. The third kappa shape index (κ3) is 4.32. The van der Waals surface area contributed by atoms with Crippen LogP contribution in [-0.2, 0) is 16.6 Å². The van der Waals surface area contributed by atoms with Crippen molar-refractivity contribution in [2.24, 2.45) is 0 Å². The average Bonchev–Trinajstić information content (AvgIpc) is 2.46. The highest BCUT2D eigenvalue weighted by Crippen LogP contribution is 2.23. The largest absolute Gasteiger partial charge is 0.496 e. The molecule has 0 unspecified atom stereocenters. The lowest BCUT2D eigenvalue weighted by atomic mass is 10.2. The smallest absolute Gasteiger partial charge is 0.240 e. The summed E-state index contributed by atoms with van der Waals surface area (Å²) in [5.41, 5.74) is 0.839. The highest BCUT2D eigenvalue weighted by Gasteiger charge is 2.15. The molecule has 21 heavy (non-hydrogen) atoms. The highest BCUT2D eigenvalue weighted by molar-refractivity contribution is 14.1. The highest BCUT2D eigenvalue weighted by atomic mass is 127. The van der Waals surface area contributed by atoms with Gasteiger partial charge in [-0.1, -0.05) is 23.7 Å². The zero-order valence-electron chi connectivity index (χ0n) is 11.1. The summed E-state index contributed by atoms with van der Waals surface area (Å²) in [7, 11) is -2.01. The van der Waals surface area contributed by atoms with E-state index in [-0.39, 0.29) is 11.4 Å². The molecular formula is C14H13ClINO3S. The van der Waals surface area contributed by atoms with Crippen molar-refractivity contribution in [3.05, 3.63) is 56.6 Å². The zero-order chi connectivity index (χ0) is 15.5. The van der Waals surface area contributed by atoms with Gasteiger partial charge in [0.1, 0.15) is 5.75 Å². The molecule has 0 aliphatic heterocycles. The van der Waals surface area contributed by atoms with Crippen LogP contribution in [0.3, 0.4) is 0 Å². The Morgan fingerprint density at radius 2 is 1.86 bits per heavy atom. The van der Waals surface area contributed by atoms with Gasteiger partial charge in [-0.3, -0.25) is 0 Å². The van der Waals surface area contributed by atoms with Crippen LogP contribution in [0.4, 0.5) is 0 Å². The topological polar surface area (TPSA) is 55.4 Å². The molecule has 0 amide bonds. The minimum Gasteiger partial charge on any atom is -0.496 e. The lowest BCUT2D eigenvalue weighted by molar-refractivity contribution is 0.411. The minimum atomic E-state index is -3.56. The van der Waals surface area contributed by atoms with Gasteiger partial charge in [0, 0.05) is 11.6 Å². The Balaban J connectivity index is 2.14. The number of halogens is 2. The summed E-state index contributed by atoms with van der Waals surface area (Å²) in [4.78, 5) is 0.210. The molecule has 2 aromatic rings. The molecule has 0 heterocycles. The molecule has 0 fully saturated rings. The molecule has 7 heteroatoms. The summed E-state index contributed by atoms with van der Waals surface area (Å²) in [6, 6.07) is 11.7. The van der Waals surface area contributed by atoms with Crippen LogP contribution in [0.15, 0.2) is 47.4 Å². The van der Waals surface area contributed by atoms with E-state index < -0.39 is 10.0 Å². The van der Waals surface area contributed by atoms with E-state index in [0.29, 0.717) is 10.8 Å². The quantitative estimate of drug-likeness (QED) is 0.729. The molecule has 0 aliphatic rings. The maximum absolute atomic E-state index is 12.2. The van der Waals surface area contributed by atoms with Gasteiger partial charge in [0.15, 0.2) is 0 Å². The second-order valence-electron chi connectivity index (χ2n) is 4.25. The van der Waals surface area contributed by atoms with Crippen LogP contribution in [0.5, 0.6) is 5.75 Å². The fraction of sp³-hybridized carbons (Fsp3) is 0.143. The Kier molecular flexibility index (Phi) is 5.48. The molecule has 0 spiro atoms. The monoisotopic (exact) mass is 437 g/mol. The molecular weight excluding hydrogens is 425 g/mol. The van der Waals surface area contributed by atoms with Crippen LogP contribution >= 0.6 is 34.2 Å². The van der Waals surface area contributed by atoms with E-state index in [1.807, 2.05) is 22.6 Å². The number of hydrogen-bond acceptors (Lipinski definition) is 3. The second kappa shape index (κ2) is 6.95. The average molecular weight is 438 g/mol. The fourth-order valence-corrected chi connectivity index (χ4v) is 3.79. The van der Waals surface area contributed by atoms with Crippen LogP contribution in [-0.4, -0.2) is 15.5 Å². The molecule has 0 saturated heterocycles. The first kappa shape index (κ1) is 16.5. The number of ether oxygens (including phenoxy) is 1. The van der Waals surface area contributed by atoms with Crippen molar-refractivity contribution in [1.82, 2.24) is 4.72 Å². The molecule has 4 nitrogen and oxygen atoms in total. The van der Waals surface area contributed by atoms with Crippen molar-refractivity contribution >= 4 is 44.2 Å². The summed E-state index contributed by atoms with van der Waals surface area (Å²) in [6.07, 6.45) is 0. The van der Waals surface area contributed by atoms with E-state index in [1.165, 1.54) is 6.07 Å². The van der Waals surface area contributed by atoms with Crippen molar-refractivity contribution in [1.29, 1.82) is 0 Å². The Morgan fingerprint density at radius 3 is 2.43 bits per heavy atom. The molecule has 2 rings (SSSR count). The van der Waals surface area contributed by atoms with E-state index in [0.717, 1.165) is 9.13 Å². The Bertz CT molecular complexity index is 732. The lowest BCUT2D eigenvalue weighted by Crippen LogP contribution is -2.23. The lowest BCUT2D eigenvalue weighted by Gasteiger charge is -2.09. The Hall–Kier alpha value is -0.830. The zero-order valence-corrected chi connectivity index (χ0v) is 14.9. The van der Waals surface area contributed by atoms with Crippen molar-refractivity contribution in [2.45, 2.75) is 11.4 Å². The second-order valence-corrected chi connectivity index (χ2v) is 7.61. The summed E-state index contributed by atoms with van der Waals surface area (Å²) in [5, 5.41) is 0.617. The van der Waals surface area contributed by atoms with Crippen LogP contribution in [0, 0.1) is 3.57 Å². The van der Waals surface area contributed by atoms with Crippen molar-refractivity contribution < 1.29 is 13.2 Å². The van der Waals surface area contributed by atoms with Crippen LogP contribution in [0.25, 0.3) is 0 Å². The number of rotatable bonds is 5. The first-order valence-corrected chi connectivity index (χ1v) is 8.94. The predicted molar refractivity (Wildman–Crippen MR) is 91.2 cm³/mol. The summed E-state index contributed by atoms with van der Waals surface area (Å²) in [6.45, 7) is 0.210. The van der Waals surface area contributed by atoms with Gasteiger partial charge >= 0.3 is 0 Å². The molecule has 2 aromatic carbocycles. The minimum absolute atomic E-state index is 0.210. The Labute approximate surface area is 142 Å². The maximum Gasteiger partial charge on any atom is 0.240 e. The summed E-state index contributed by atoms with van der Waals surface area (Å²) < 4.78 is 32.9. The number of nitrogens with one attached hydrogen (secondary N) is 1. The van der Waals surface area contributed by atoms with Crippen LogP contribution < -0.4 is 9.46 Å². The third-order valence-electron chi connectivity index (χ3n) is 2.81. The van der Waals surface area contributed by atoms with Gasteiger partial charge in [-0.2, -0.15) is 0 Å². The molecule has 0 atom stereocenters. The molecule has 0 saturated carbocycles. The molecule has 0 aromatic heterocycles. The number of sulfonamides is 1. The summed E-state index contributed by atoms with van der Waals surface area (Å²) >= 11 is 7.83. The van der Waals surface area contributed by atoms with E-state index in [9.17, 15) is 8.42 Å². The van der Waals surface area contributed by atoms with E-state index in [1.54, 1.807) is 43.5 Å². The van der Waals surface area contributed by atoms with Gasteiger partial charge in [-0.25, -0.2) is 13.1 Å². The number of methoxy groups -OCH3 is 1. The first-order valence-electron chi connectivity index (χ1n) is 6.00. The maximum atomic E-state index is 12.2. The van der Waals surface area contributed by atoms with Crippen molar-refractivity contribution in [2.75, 3.05) is 7.11 Å². The van der Waals surface area contributed by atoms with Crippen LogP contribution in [0.1, 0.15) is 5.56 Å². The normalized spacial score (nSPS) is 11.4. The van der Waals surface area contributed by atoms with Gasteiger partial charge in [-0.05, 0) is 58.5 Å². The third-order valence-corrected chi connectivity index (χ3v) is 5.31. The predicted octanol–water partition coefficient (Wildman–Crippen LogP) is 3.43.